The van der Waals surface area contributed by atoms with E-state index < -0.39 is 0 Å². The maximum absolute atomic E-state index is 13.9. The first-order chi connectivity index (χ1) is 16.6. The highest BCUT2D eigenvalue weighted by Gasteiger charge is 2.25. The van der Waals surface area contributed by atoms with E-state index in [-0.39, 0.29) is 11.5 Å². The first-order valence-corrected chi connectivity index (χ1v) is 12.0. The Morgan fingerprint density at radius 3 is 2.56 bits per heavy atom. The Morgan fingerprint density at radius 2 is 1.85 bits per heavy atom. The number of fused-ring (bicyclic) bond motifs is 3. The fourth-order valence-corrected chi connectivity index (χ4v) is 5.45. The molecule has 0 unspecified atom stereocenters. The van der Waals surface area contributed by atoms with Crippen molar-refractivity contribution >= 4 is 33.6 Å². The van der Waals surface area contributed by atoms with Crippen LogP contribution in [-0.4, -0.2) is 29.2 Å². The molecule has 0 atom stereocenters. The first-order valence-electron chi connectivity index (χ1n) is 11.2. The van der Waals surface area contributed by atoms with Crippen molar-refractivity contribution in [2.24, 2.45) is 0 Å². The zero-order chi connectivity index (χ0) is 23.7. The second-order valence-corrected chi connectivity index (χ2v) is 9.09. The van der Waals surface area contributed by atoms with E-state index in [0.717, 1.165) is 27.3 Å². The maximum atomic E-state index is 13.9. The molecule has 0 N–H and O–H groups in total. The van der Waals surface area contributed by atoms with Crippen molar-refractivity contribution in [1.29, 1.82) is 0 Å². The molecular formula is C27H24N2O4S. The van der Waals surface area contributed by atoms with Crippen LogP contribution in [0.2, 0.25) is 0 Å². The van der Waals surface area contributed by atoms with Gasteiger partial charge in [-0.1, -0.05) is 30.3 Å². The van der Waals surface area contributed by atoms with Crippen LogP contribution in [0.1, 0.15) is 29.3 Å². The Bertz CT molecular complexity index is 1450. The molecule has 0 fully saturated rings. The highest BCUT2D eigenvalue weighted by atomic mass is 32.1. The third kappa shape index (κ3) is 4.03. The van der Waals surface area contributed by atoms with Gasteiger partial charge in [-0.2, -0.15) is 0 Å². The summed E-state index contributed by atoms with van der Waals surface area (Å²) in [5, 5.41) is 0.646. The number of carbonyl (C=O) groups is 1. The van der Waals surface area contributed by atoms with Crippen LogP contribution in [0.5, 0.6) is 5.75 Å². The van der Waals surface area contributed by atoms with Crippen LogP contribution in [0.25, 0.3) is 27.7 Å². The number of rotatable bonds is 6. The lowest BCUT2D eigenvalue weighted by Gasteiger charge is -2.15. The van der Waals surface area contributed by atoms with E-state index in [4.69, 9.17) is 14.5 Å². The lowest BCUT2D eigenvalue weighted by molar-refractivity contribution is -0.138. The van der Waals surface area contributed by atoms with Crippen LogP contribution < -0.4 is 10.3 Å². The average molecular weight is 473 g/mol. The molecule has 4 aromatic rings. The van der Waals surface area contributed by atoms with Crippen molar-refractivity contribution in [2.75, 3.05) is 13.7 Å². The Kier molecular flexibility index (Phi) is 6.02. The summed E-state index contributed by atoms with van der Waals surface area (Å²) < 4.78 is 12.2. The molecule has 1 aliphatic carbocycles. The summed E-state index contributed by atoms with van der Waals surface area (Å²) in [5.74, 6) is 1.06. The minimum atomic E-state index is -0.293. The van der Waals surface area contributed by atoms with Gasteiger partial charge in [-0.05, 0) is 61.2 Å². The molecule has 2 aromatic heterocycles. The van der Waals surface area contributed by atoms with Gasteiger partial charge in [0.2, 0.25) is 0 Å². The molecule has 0 spiro atoms. The largest absolute Gasteiger partial charge is 0.497 e. The van der Waals surface area contributed by atoms with Crippen LogP contribution in [-0.2, 0) is 22.5 Å². The highest BCUT2D eigenvalue weighted by molar-refractivity contribution is 7.19. The maximum Gasteiger partial charge on any atom is 0.334 e. The fraction of sp³-hybridized carbons (Fsp3) is 0.222. The van der Waals surface area contributed by atoms with E-state index in [1.54, 1.807) is 18.6 Å². The minimum absolute atomic E-state index is 0.0647. The number of benzene rings is 2. The van der Waals surface area contributed by atoms with Gasteiger partial charge in [-0.3, -0.25) is 9.36 Å². The van der Waals surface area contributed by atoms with Gasteiger partial charge in [-0.25, -0.2) is 9.78 Å². The Labute approximate surface area is 201 Å². The van der Waals surface area contributed by atoms with Gasteiger partial charge in [0.25, 0.3) is 5.56 Å². The molecule has 6 nitrogen and oxygen atoms in total. The van der Waals surface area contributed by atoms with Crippen molar-refractivity contribution in [1.82, 2.24) is 9.55 Å². The summed E-state index contributed by atoms with van der Waals surface area (Å²) in [6.07, 6.45) is 3.03. The fourth-order valence-electron chi connectivity index (χ4n) is 4.27. The Hall–Kier alpha value is -3.71. The number of hydrogen-bond acceptors (Lipinski definition) is 6. The molecule has 0 amide bonds. The molecule has 0 radical (unpaired) electrons. The number of ether oxygens (including phenoxy) is 2. The van der Waals surface area contributed by atoms with Gasteiger partial charge in [0.05, 0.1) is 25.6 Å². The van der Waals surface area contributed by atoms with Gasteiger partial charge in [0, 0.05) is 16.0 Å². The molecule has 34 heavy (non-hydrogen) atoms. The number of nitrogens with zero attached hydrogens (tertiary/aromatic N) is 2. The number of aryl methyl sites for hydroxylation is 1. The molecule has 0 saturated carbocycles. The van der Waals surface area contributed by atoms with Crippen molar-refractivity contribution < 1.29 is 14.3 Å². The van der Waals surface area contributed by atoms with Crippen LogP contribution in [0.15, 0.2) is 65.0 Å². The van der Waals surface area contributed by atoms with Crippen molar-refractivity contribution in [2.45, 2.75) is 26.3 Å². The number of esters is 1. The predicted molar refractivity (Wildman–Crippen MR) is 134 cm³/mol. The molecule has 2 aromatic carbocycles. The first kappa shape index (κ1) is 22.1. The molecule has 2 heterocycles. The standard InChI is InChI=1S/C27H24N2O4S/c1-3-33-27(31)19-11-14-21-22(15-19)34-25-23(21)26(30)29(16-17-7-5-4-6-8-17)24(28-25)18-9-12-20(32-2)13-10-18/h4-10,12-13,15H,3,11,14,16H2,1-2H3. The zero-order valence-corrected chi connectivity index (χ0v) is 19.9. The summed E-state index contributed by atoms with van der Waals surface area (Å²) in [7, 11) is 1.62. The molecule has 172 valence electrons. The smallest absolute Gasteiger partial charge is 0.334 e. The molecule has 1 aliphatic rings. The number of methoxy groups -OCH3 is 1. The summed E-state index contributed by atoms with van der Waals surface area (Å²) in [6.45, 7) is 2.55. The van der Waals surface area contributed by atoms with Crippen molar-refractivity contribution in [3.05, 3.63) is 86.5 Å². The van der Waals surface area contributed by atoms with E-state index in [0.29, 0.717) is 47.6 Å². The minimum Gasteiger partial charge on any atom is -0.497 e. The third-order valence-electron chi connectivity index (χ3n) is 5.96. The molecule has 0 aliphatic heterocycles. The zero-order valence-electron chi connectivity index (χ0n) is 19.0. The van der Waals surface area contributed by atoms with Crippen molar-refractivity contribution in [3.63, 3.8) is 0 Å². The summed E-state index contributed by atoms with van der Waals surface area (Å²) >= 11 is 1.45. The molecular weight excluding hydrogens is 448 g/mol. The molecule has 7 heteroatoms. The van der Waals surface area contributed by atoms with Gasteiger partial charge < -0.3 is 9.47 Å². The molecule has 0 bridgehead atoms. The van der Waals surface area contributed by atoms with Crippen LogP contribution in [0.3, 0.4) is 0 Å². The molecule has 5 rings (SSSR count). The van der Waals surface area contributed by atoms with Crippen LogP contribution in [0.4, 0.5) is 0 Å². The predicted octanol–water partition coefficient (Wildman–Crippen LogP) is 5.07. The van der Waals surface area contributed by atoms with E-state index >= 15 is 0 Å². The summed E-state index contributed by atoms with van der Waals surface area (Å²) in [5.41, 5.74) is 3.40. The van der Waals surface area contributed by atoms with Gasteiger partial charge >= 0.3 is 5.97 Å². The molecule has 0 saturated heterocycles. The van der Waals surface area contributed by atoms with Gasteiger partial charge in [0.1, 0.15) is 16.4 Å². The Balaban J connectivity index is 1.69. The SMILES string of the molecule is CCOC(=O)C1=Cc2sc3nc(-c4ccc(OC)cc4)n(Cc4ccccc4)c(=O)c3c2CC1. The Morgan fingerprint density at radius 1 is 1.09 bits per heavy atom. The number of hydrogen-bond donors (Lipinski definition) is 0. The van der Waals surface area contributed by atoms with Crippen LogP contribution in [0, 0.1) is 0 Å². The topological polar surface area (TPSA) is 70.4 Å². The van der Waals surface area contributed by atoms with Gasteiger partial charge in [0.15, 0.2) is 0 Å². The highest BCUT2D eigenvalue weighted by Crippen LogP contribution is 2.36. The van der Waals surface area contributed by atoms with E-state index in [9.17, 15) is 9.59 Å². The summed E-state index contributed by atoms with van der Waals surface area (Å²) in [6, 6.07) is 17.5. The van der Waals surface area contributed by atoms with E-state index in [2.05, 4.69) is 0 Å². The van der Waals surface area contributed by atoms with Crippen LogP contribution >= 0.6 is 11.3 Å². The normalized spacial score (nSPS) is 12.8. The second-order valence-electron chi connectivity index (χ2n) is 8.06. The second kappa shape index (κ2) is 9.27. The summed E-state index contributed by atoms with van der Waals surface area (Å²) in [4.78, 5) is 32.7. The number of aromatic nitrogens is 2. The monoisotopic (exact) mass is 472 g/mol. The van der Waals surface area contributed by atoms with Gasteiger partial charge in [-0.15, -0.1) is 11.3 Å². The quantitative estimate of drug-likeness (QED) is 0.366. The van der Waals surface area contributed by atoms with Crippen molar-refractivity contribution in [3.8, 4) is 17.1 Å². The third-order valence-corrected chi connectivity index (χ3v) is 7.03. The van der Waals surface area contributed by atoms with E-state index in [1.807, 2.05) is 60.7 Å². The average Bonchev–Trinajstić information content (AvgIpc) is 3.24. The van der Waals surface area contributed by atoms with E-state index in [1.165, 1.54) is 11.3 Å². The number of thiophene rings is 1. The number of carbonyl (C=O) groups excluding carboxylic acids is 1. The lowest BCUT2D eigenvalue weighted by Crippen LogP contribution is -2.24. The lowest BCUT2D eigenvalue weighted by atomic mass is 9.96.